The van der Waals surface area contributed by atoms with Gasteiger partial charge in [0.15, 0.2) is 0 Å². The van der Waals surface area contributed by atoms with Gasteiger partial charge in [-0.1, -0.05) is 25.7 Å². The van der Waals surface area contributed by atoms with Crippen LogP contribution >= 0.6 is 0 Å². The minimum atomic E-state index is 0.707. The second-order valence-corrected chi connectivity index (χ2v) is 6.15. The Morgan fingerprint density at radius 3 is 0.800 bits per heavy atom. The third kappa shape index (κ3) is 5.68. The maximum Gasteiger partial charge on any atom is 0.0218 e. The van der Waals surface area contributed by atoms with Gasteiger partial charge >= 0.3 is 0 Å². The van der Waals surface area contributed by atoms with E-state index < -0.39 is 0 Å². The Morgan fingerprint density at radius 1 is 0.450 bits per heavy atom. The summed E-state index contributed by atoms with van der Waals surface area (Å²) in [5.41, 5.74) is 0. The first-order chi connectivity index (χ1) is 9.76. The summed E-state index contributed by atoms with van der Waals surface area (Å²) in [4.78, 5) is 0. The highest BCUT2D eigenvalue weighted by molar-refractivity contribution is 4.84. The Kier molecular flexibility index (Phi) is 9.44. The predicted molar refractivity (Wildman–Crippen MR) is 88.3 cm³/mol. The van der Waals surface area contributed by atoms with Crippen LogP contribution in [0.2, 0.25) is 0 Å². The van der Waals surface area contributed by atoms with Gasteiger partial charge in [-0.3, -0.25) is 0 Å². The van der Waals surface area contributed by atoms with E-state index in [4.69, 9.17) is 0 Å². The molecule has 20 heavy (non-hydrogen) atoms. The largest absolute Gasteiger partial charge is 0.315 e. The first-order valence-corrected chi connectivity index (χ1v) is 8.45. The Balaban J connectivity index is 0.000000200. The molecule has 0 saturated heterocycles. The van der Waals surface area contributed by atoms with E-state index in [0.717, 1.165) is 0 Å². The number of likely N-dealkylation sites (N-methyl/N-ethyl adjacent to an activating group) is 4. The van der Waals surface area contributed by atoms with Gasteiger partial charge in [0, 0.05) is 24.2 Å². The second-order valence-electron chi connectivity index (χ2n) is 6.15. The van der Waals surface area contributed by atoms with E-state index in [1.54, 1.807) is 0 Å². The van der Waals surface area contributed by atoms with E-state index in [0.29, 0.717) is 24.2 Å². The smallest absolute Gasteiger partial charge is 0.0218 e. The molecule has 0 radical (unpaired) electrons. The number of hydrogen-bond donors (Lipinski definition) is 4. The van der Waals surface area contributed by atoms with E-state index in [1.165, 1.54) is 51.4 Å². The van der Waals surface area contributed by atoms with Crippen molar-refractivity contribution in [2.45, 2.75) is 75.5 Å². The van der Waals surface area contributed by atoms with Crippen molar-refractivity contribution in [3.05, 3.63) is 0 Å². The third-order valence-corrected chi connectivity index (χ3v) is 5.02. The lowest BCUT2D eigenvalue weighted by molar-refractivity contribution is 0.309. The molecule has 0 aromatic carbocycles. The van der Waals surface area contributed by atoms with Crippen molar-refractivity contribution in [2.24, 2.45) is 0 Å². The van der Waals surface area contributed by atoms with Crippen molar-refractivity contribution in [3.63, 3.8) is 0 Å². The SMILES string of the molecule is CN[C@@H]1CCCC[C@H]1NC.CN[C@@H]1CCCC[C@H]1NC. The fourth-order valence-electron chi connectivity index (χ4n) is 3.64. The van der Waals surface area contributed by atoms with Crippen LogP contribution in [0, 0.1) is 0 Å². The number of rotatable bonds is 4. The number of nitrogens with one attached hydrogen (secondary N) is 4. The van der Waals surface area contributed by atoms with E-state index in [2.05, 4.69) is 49.5 Å². The van der Waals surface area contributed by atoms with Crippen molar-refractivity contribution in [2.75, 3.05) is 28.2 Å². The minimum absolute atomic E-state index is 0.707. The molecule has 4 N–H and O–H groups in total. The topological polar surface area (TPSA) is 48.1 Å². The summed E-state index contributed by atoms with van der Waals surface area (Å²) in [5.74, 6) is 0. The molecule has 0 aromatic rings. The molecule has 2 aliphatic rings. The maximum atomic E-state index is 3.34. The lowest BCUT2D eigenvalue weighted by atomic mass is 9.91. The van der Waals surface area contributed by atoms with Crippen LogP contribution < -0.4 is 21.3 Å². The summed E-state index contributed by atoms with van der Waals surface area (Å²) in [6, 6.07) is 2.83. The Labute approximate surface area is 125 Å². The summed E-state index contributed by atoms with van der Waals surface area (Å²) < 4.78 is 0. The lowest BCUT2D eigenvalue weighted by Gasteiger charge is -2.30. The van der Waals surface area contributed by atoms with Crippen LogP contribution in [0.1, 0.15) is 51.4 Å². The molecule has 4 nitrogen and oxygen atoms in total. The highest BCUT2D eigenvalue weighted by Gasteiger charge is 2.21. The third-order valence-electron chi connectivity index (χ3n) is 5.02. The first kappa shape index (κ1) is 17.9. The van der Waals surface area contributed by atoms with E-state index in [1.807, 2.05) is 0 Å². The van der Waals surface area contributed by atoms with Crippen LogP contribution in [0.15, 0.2) is 0 Å². The molecule has 0 heterocycles. The molecule has 0 bridgehead atoms. The second kappa shape index (κ2) is 10.6. The van der Waals surface area contributed by atoms with Gasteiger partial charge in [0.1, 0.15) is 0 Å². The van der Waals surface area contributed by atoms with Gasteiger partial charge in [0.25, 0.3) is 0 Å². The van der Waals surface area contributed by atoms with Crippen molar-refractivity contribution in [1.82, 2.24) is 21.3 Å². The Bertz CT molecular complexity index is 187. The molecule has 0 aromatic heterocycles. The molecule has 2 rings (SSSR count). The highest BCUT2D eigenvalue weighted by atomic mass is 15.0. The van der Waals surface area contributed by atoms with Crippen molar-refractivity contribution in [1.29, 1.82) is 0 Å². The van der Waals surface area contributed by atoms with Gasteiger partial charge in [0.2, 0.25) is 0 Å². The van der Waals surface area contributed by atoms with Crippen molar-refractivity contribution < 1.29 is 0 Å². The zero-order valence-electron chi connectivity index (χ0n) is 14.0. The Morgan fingerprint density at radius 2 is 0.650 bits per heavy atom. The van der Waals surface area contributed by atoms with Crippen LogP contribution in [0.4, 0.5) is 0 Å². The van der Waals surface area contributed by atoms with Gasteiger partial charge in [-0.2, -0.15) is 0 Å². The van der Waals surface area contributed by atoms with Crippen LogP contribution in [0.3, 0.4) is 0 Å². The predicted octanol–water partition coefficient (Wildman–Crippen LogP) is 1.47. The zero-order valence-corrected chi connectivity index (χ0v) is 14.0. The molecule has 0 spiro atoms. The summed E-state index contributed by atoms with van der Waals surface area (Å²) in [6.45, 7) is 0. The standard InChI is InChI=1S/2C8H18N2/c2*1-9-7-5-3-4-6-8(7)10-2/h2*7-10H,3-6H2,1-2H3/t2*7-,8-/m11/s1. The van der Waals surface area contributed by atoms with E-state index in [9.17, 15) is 0 Å². The molecule has 0 amide bonds. The summed E-state index contributed by atoms with van der Waals surface area (Å²) in [7, 11) is 8.22. The summed E-state index contributed by atoms with van der Waals surface area (Å²) in [6.07, 6.45) is 10.9. The molecule has 0 unspecified atom stereocenters. The molecule has 2 fully saturated rings. The van der Waals surface area contributed by atoms with Gasteiger partial charge in [-0.15, -0.1) is 0 Å². The van der Waals surface area contributed by atoms with E-state index in [-0.39, 0.29) is 0 Å². The van der Waals surface area contributed by atoms with Gasteiger partial charge < -0.3 is 21.3 Å². The lowest BCUT2D eigenvalue weighted by Crippen LogP contribution is -2.47. The first-order valence-electron chi connectivity index (χ1n) is 8.45. The summed E-state index contributed by atoms with van der Waals surface area (Å²) in [5, 5.41) is 13.4. The normalized spacial score (nSPS) is 34.2. The molecular weight excluding hydrogens is 248 g/mol. The molecule has 0 aliphatic heterocycles. The fourth-order valence-corrected chi connectivity index (χ4v) is 3.64. The molecule has 2 saturated carbocycles. The average Bonchev–Trinajstić information content (AvgIpc) is 2.55. The quantitative estimate of drug-likeness (QED) is 0.631. The van der Waals surface area contributed by atoms with Crippen molar-refractivity contribution >= 4 is 0 Å². The number of hydrogen-bond acceptors (Lipinski definition) is 4. The van der Waals surface area contributed by atoms with Gasteiger partial charge in [0.05, 0.1) is 0 Å². The van der Waals surface area contributed by atoms with Crippen LogP contribution in [0.25, 0.3) is 0 Å². The minimum Gasteiger partial charge on any atom is -0.315 e. The van der Waals surface area contributed by atoms with Crippen LogP contribution in [-0.2, 0) is 0 Å². The average molecular weight is 284 g/mol. The van der Waals surface area contributed by atoms with Gasteiger partial charge in [-0.25, -0.2) is 0 Å². The van der Waals surface area contributed by atoms with Crippen molar-refractivity contribution in [3.8, 4) is 0 Å². The van der Waals surface area contributed by atoms with Gasteiger partial charge in [-0.05, 0) is 53.9 Å². The molecule has 4 atom stereocenters. The fraction of sp³-hybridized carbons (Fsp3) is 1.00. The Hall–Kier alpha value is -0.160. The van der Waals surface area contributed by atoms with E-state index >= 15 is 0 Å². The zero-order chi connectivity index (χ0) is 14.8. The molecule has 2 aliphatic carbocycles. The molecule has 120 valence electrons. The van der Waals surface area contributed by atoms with Crippen LogP contribution in [0.5, 0.6) is 0 Å². The molecule has 4 heteroatoms. The molecular formula is C16H36N4. The highest BCUT2D eigenvalue weighted by Crippen LogP contribution is 2.18. The summed E-state index contributed by atoms with van der Waals surface area (Å²) >= 11 is 0. The maximum absolute atomic E-state index is 3.34. The monoisotopic (exact) mass is 284 g/mol. The van der Waals surface area contributed by atoms with Crippen LogP contribution in [-0.4, -0.2) is 52.4 Å².